The summed E-state index contributed by atoms with van der Waals surface area (Å²) in [6, 6.07) is 6.48. The van der Waals surface area contributed by atoms with Crippen molar-refractivity contribution in [2.75, 3.05) is 25.1 Å². The molecule has 0 saturated heterocycles. The van der Waals surface area contributed by atoms with Crippen LogP contribution < -0.4 is 4.90 Å². The third-order valence-electron chi connectivity index (χ3n) is 3.05. The van der Waals surface area contributed by atoms with Gasteiger partial charge in [-0.1, -0.05) is 16.8 Å². The Labute approximate surface area is 131 Å². The van der Waals surface area contributed by atoms with Gasteiger partial charge in [-0.3, -0.25) is 0 Å². The molecule has 1 aromatic carbocycles. The largest absolute Gasteiger partial charge is 0.477 e. The lowest BCUT2D eigenvalue weighted by Gasteiger charge is -2.19. The third-order valence-corrected chi connectivity index (χ3v) is 3.30. The van der Waals surface area contributed by atoms with Gasteiger partial charge in [0.1, 0.15) is 0 Å². The molecule has 3 N–H and O–H groups in total. The number of hydrogen-bond donors (Lipinski definition) is 3. The number of anilines is 1. The summed E-state index contributed by atoms with van der Waals surface area (Å²) in [5, 5.41) is 32.0. The number of hydrogen-bond acceptors (Lipinski definition) is 6. The molecule has 0 aliphatic rings. The number of aromatic nitrogens is 1. The van der Waals surface area contributed by atoms with E-state index in [2.05, 4.69) is 5.16 Å². The van der Waals surface area contributed by atoms with E-state index in [1.54, 1.807) is 31.3 Å². The van der Waals surface area contributed by atoms with Crippen LogP contribution in [-0.2, 0) is 0 Å². The summed E-state index contributed by atoms with van der Waals surface area (Å²) in [7, 11) is 1.55. The van der Waals surface area contributed by atoms with Crippen LogP contribution in [0.4, 0.5) is 5.82 Å². The minimum Gasteiger partial charge on any atom is -0.477 e. The lowest BCUT2D eigenvalue weighted by molar-refractivity contribution is 0.0697. The molecule has 1 atom stereocenters. The van der Waals surface area contributed by atoms with Crippen LogP contribution in [0, 0.1) is 0 Å². The Hall–Kier alpha value is -2.09. The van der Waals surface area contributed by atoms with E-state index >= 15 is 0 Å². The van der Waals surface area contributed by atoms with Crippen LogP contribution in [0.1, 0.15) is 10.4 Å². The van der Waals surface area contributed by atoms with Crippen molar-refractivity contribution in [3.8, 4) is 11.3 Å². The average Bonchev–Trinajstić information content (AvgIpc) is 2.93. The Bertz CT molecular complexity index is 656. The highest BCUT2D eigenvalue weighted by Gasteiger charge is 2.26. The maximum Gasteiger partial charge on any atom is 0.343 e. The maximum absolute atomic E-state index is 11.5. The van der Waals surface area contributed by atoms with Gasteiger partial charge in [-0.05, 0) is 24.3 Å². The van der Waals surface area contributed by atoms with E-state index in [0.717, 1.165) is 0 Å². The van der Waals surface area contributed by atoms with E-state index in [1.807, 2.05) is 0 Å². The summed E-state index contributed by atoms with van der Waals surface area (Å²) in [6.45, 7) is -0.419. The van der Waals surface area contributed by atoms with E-state index in [0.29, 0.717) is 10.6 Å². The first-order valence-corrected chi connectivity index (χ1v) is 6.80. The van der Waals surface area contributed by atoms with Gasteiger partial charge < -0.3 is 24.7 Å². The molecule has 118 valence electrons. The van der Waals surface area contributed by atoms with Gasteiger partial charge in [0.2, 0.25) is 0 Å². The van der Waals surface area contributed by atoms with Gasteiger partial charge in [-0.25, -0.2) is 4.79 Å². The summed E-state index contributed by atoms with van der Waals surface area (Å²) in [5.41, 5.74) is 0.409. The number of carboxylic acid groups (broad SMARTS) is 1. The van der Waals surface area contributed by atoms with Crippen LogP contribution in [0.3, 0.4) is 0 Å². The van der Waals surface area contributed by atoms with Crippen LogP contribution in [0.15, 0.2) is 28.8 Å². The molecule has 0 spiro atoms. The van der Waals surface area contributed by atoms with Crippen LogP contribution in [0.25, 0.3) is 11.3 Å². The number of carbonyl (C=O) groups is 1. The fraction of sp³-hybridized carbons (Fsp3) is 0.286. The Morgan fingerprint density at radius 3 is 2.59 bits per heavy atom. The number of aromatic carboxylic acids is 1. The molecule has 2 aromatic rings. The molecule has 1 aromatic heterocycles. The molecule has 1 unspecified atom stereocenters. The summed E-state index contributed by atoms with van der Waals surface area (Å²) in [6.07, 6.45) is -1.01. The molecular formula is C14H15ClN2O5. The molecule has 0 aliphatic carbocycles. The van der Waals surface area contributed by atoms with Gasteiger partial charge in [0.15, 0.2) is 17.1 Å². The fourth-order valence-corrected chi connectivity index (χ4v) is 2.12. The molecule has 8 heteroatoms. The van der Waals surface area contributed by atoms with Gasteiger partial charge >= 0.3 is 5.97 Å². The van der Waals surface area contributed by atoms with Crippen molar-refractivity contribution in [1.29, 1.82) is 0 Å². The van der Waals surface area contributed by atoms with Crippen molar-refractivity contribution in [3.05, 3.63) is 34.9 Å². The van der Waals surface area contributed by atoms with Crippen molar-refractivity contribution >= 4 is 23.4 Å². The average molecular weight is 327 g/mol. The monoisotopic (exact) mass is 326 g/mol. The van der Waals surface area contributed by atoms with Crippen molar-refractivity contribution in [2.45, 2.75) is 6.10 Å². The normalized spacial score (nSPS) is 12.2. The predicted molar refractivity (Wildman–Crippen MR) is 80.3 cm³/mol. The molecule has 0 bridgehead atoms. The summed E-state index contributed by atoms with van der Waals surface area (Å²) < 4.78 is 5.16. The number of nitrogens with zero attached hydrogens (tertiary/aromatic N) is 2. The van der Waals surface area contributed by atoms with E-state index in [4.69, 9.17) is 21.2 Å². The molecule has 0 radical (unpaired) electrons. The van der Waals surface area contributed by atoms with Gasteiger partial charge in [-0.2, -0.15) is 0 Å². The molecule has 1 heterocycles. The van der Waals surface area contributed by atoms with E-state index in [9.17, 15) is 15.0 Å². The van der Waals surface area contributed by atoms with Gasteiger partial charge in [0.25, 0.3) is 0 Å². The smallest absolute Gasteiger partial charge is 0.343 e. The summed E-state index contributed by atoms with van der Waals surface area (Å²) >= 11 is 5.81. The minimum absolute atomic E-state index is 0.0172. The third kappa shape index (κ3) is 3.38. The first-order valence-electron chi connectivity index (χ1n) is 6.43. The maximum atomic E-state index is 11.5. The number of carboxylic acids is 1. The summed E-state index contributed by atoms with van der Waals surface area (Å²) in [5.74, 6) is -1.03. The topological polar surface area (TPSA) is 107 Å². The zero-order chi connectivity index (χ0) is 16.3. The second-order valence-corrected chi connectivity index (χ2v) is 5.18. The highest BCUT2D eigenvalue weighted by atomic mass is 35.5. The molecule has 0 fully saturated rings. The Kier molecular flexibility index (Phi) is 5.02. The SMILES string of the molecule is CN(CC(O)CO)c1noc(-c2ccc(Cl)cc2)c1C(=O)O. The number of rotatable bonds is 6. The Balaban J connectivity index is 2.41. The molecule has 0 amide bonds. The quantitative estimate of drug-likeness (QED) is 0.738. The van der Waals surface area contributed by atoms with Gasteiger partial charge in [0.05, 0.1) is 12.7 Å². The Morgan fingerprint density at radius 1 is 1.41 bits per heavy atom. The van der Waals surface area contributed by atoms with Gasteiger partial charge in [0, 0.05) is 24.2 Å². The second kappa shape index (κ2) is 6.78. The van der Waals surface area contributed by atoms with E-state index < -0.39 is 18.7 Å². The number of aliphatic hydroxyl groups is 2. The van der Waals surface area contributed by atoms with Crippen molar-refractivity contribution in [1.82, 2.24) is 5.16 Å². The zero-order valence-corrected chi connectivity index (χ0v) is 12.5. The minimum atomic E-state index is -1.20. The molecule has 7 nitrogen and oxygen atoms in total. The van der Waals surface area contributed by atoms with Crippen LogP contribution in [0.5, 0.6) is 0 Å². The predicted octanol–water partition coefficient (Wildman–Crippen LogP) is 1.48. The zero-order valence-electron chi connectivity index (χ0n) is 11.7. The first-order chi connectivity index (χ1) is 10.4. The molecule has 22 heavy (non-hydrogen) atoms. The Morgan fingerprint density at radius 2 is 2.05 bits per heavy atom. The van der Waals surface area contributed by atoms with Gasteiger partial charge in [-0.15, -0.1) is 0 Å². The molecule has 2 rings (SSSR count). The fourth-order valence-electron chi connectivity index (χ4n) is 1.99. The van der Waals surface area contributed by atoms with E-state index in [-0.39, 0.29) is 23.7 Å². The van der Waals surface area contributed by atoms with Crippen LogP contribution in [-0.4, -0.2) is 52.7 Å². The summed E-state index contributed by atoms with van der Waals surface area (Å²) in [4.78, 5) is 12.9. The molecular weight excluding hydrogens is 312 g/mol. The standard InChI is InChI=1S/C14H15ClN2O5/c1-17(6-10(19)7-18)13-11(14(20)21)12(22-16-13)8-2-4-9(15)5-3-8/h2-5,10,18-19H,6-7H2,1H3,(H,20,21). The highest BCUT2D eigenvalue weighted by molar-refractivity contribution is 6.30. The van der Waals surface area contributed by atoms with E-state index in [1.165, 1.54) is 4.90 Å². The molecule has 0 saturated carbocycles. The van der Waals surface area contributed by atoms with Crippen molar-refractivity contribution in [2.24, 2.45) is 0 Å². The number of benzene rings is 1. The number of halogens is 1. The van der Waals surface area contributed by atoms with Crippen molar-refractivity contribution < 1.29 is 24.6 Å². The number of likely N-dealkylation sites (N-methyl/N-ethyl adjacent to an activating group) is 1. The molecule has 0 aliphatic heterocycles. The van der Waals surface area contributed by atoms with Crippen LogP contribution in [0.2, 0.25) is 5.02 Å². The lowest BCUT2D eigenvalue weighted by Crippen LogP contribution is -2.32. The lowest BCUT2D eigenvalue weighted by atomic mass is 10.1. The van der Waals surface area contributed by atoms with Crippen LogP contribution >= 0.6 is 11.6 Å². The number of aliphatic hydroxyl groups excluding tert-OH is 2. The van der Waals surface area contributed by atoms with Crippen molar-refractivity contribution in [3.63, 3.8) is 0 Å². The highest BCUT2D eigenvalue weighted by Crippen LogP contribution is 2.31. The second-order valence-electron chi connectivity index (χ2n) is 4.74. The first kappa shape index (κ1) is 16.3.